The quantitative estimate of drug-likeness (QED) is 0.297. The summed E-state index contributed by atoms with van der Waals surface area (Å²) < 4.78 is 0. The van der Waals surface area contributed by atoms with E-state index < -0.39 is 5.97 Å². The van der Waals surface area contributed by atoms with Crippen LogP contribution in [0.25, 0.3) is 0 Å². The molecule has 0 fully saturated rings. The minimum absolute atomic E-state index is 0.266. The van der Waals surface area contributed by atoms with Gasteiger partial charge in [0.25, 0.3) is 0 Å². The molecule has 1 N–H and O–H groups in total. The van der Waals surface area contributed by atoms with Gasteiger partial charge in [0, 0.05) is 13.1 Å². The second-order valence-electron chi connectivity index (χ2n) is 6.27. The first-order valence-corrected chi connectivity index (χ1v) is 9.30. The van der Waals surface area contributed by atoms with Crippen molar-refractivity contribution in [1.29, 1.82) is 0 Å². The highest BCUT2D eigenvalue weighted by Crippen LogP contribution is 2.12. The number of rotatable bonds is 16. The summed E-state index contributed by atoms with van der Waals surface area (Å²) in [6.45, 7) is 9.86. The standard InChI is InChI=1S/C19H37NO2/c1-4-6-8-10-12-14-16-20(18(3)19(21)22)17-15-13-11-9-7-5-2/h3-17H2,1-2H3,(H,21,22). The molecule has 3 heteroatoms. The summed E-state index contributed by atoms with van der Waals surface area (Å²) in [5.41, 5.74) is 0.266. The molecule has 0 spiro atoms. The van der Waals surface area contributed by atoms with E-state index in [1.807, 2.05) is 4.90 Å². The molecule has 0 amide bonds. The first-order valence-electron chi connectivity index (χ1n) is 9.30. The van der Waals surface area contributed by atoms with Gasteiger partial charge in [-0.25, -0.2) is 4.79 Å². The summed E-state index contributed by atoms with van der Waals surface area (Å²) in [6.07, 6.45) is 14.8. The Balaban J connectivity index is 3.90. The second kappa shape index (κ2) is 14.9. The third-order valence-electron chi connectivity index (χ3n) is 4.19. The minimum atomic E-state index is -0.878. The average molecular weight is 312 g/mol. The summed E-state index contributed by atoms with van der Waals surface area (Å²) >= 11 is 0. The number of carboxylic acid groups (broad SMARTS) is 1. The van der Waals surface area contributed by atoms with Crippen LogP contribution in [0.4, 0.5) is 0 Å². The summed E-state index contributed by atoms with van der Waals surface area (Å²) in [4.78, 5) is 13.1. The highest BCUT2D eigenvalue weighted by molar-refractivity contribution is 5.85. The van der Waals surface area contributed by atoms with Gasteiger partial charge in [-0.15, -0.1) is 0 Å². The Morgan fingerprint density at radius 3 is 1.50 bits per heavy atom. The number of nitrogens with zero attached hydrogens (tertiary/aromatic N) is 1. The molecule has 0 aliphatic heterocycles. The maximum atomic E-state index is 11.1. The third-order valence-corrected chi connectivity index (χ3v) is 4.19. The second-order valence-corrected chi connectivity index (χ2v) is 6.27. The maximum Gasteiger partial charge on any atom is 0.351 e. The van der Waals surface area contributed by atoms with Crippen LogP contribution in [0, 0.1) is 0 Å². The molecule has 0 atom stereocenters. The van der Waals surface area contributed by atoms with Crippen molar-refractivity contribution in [2.24, 2.45) is 0 Å². The van der Waals surface area contributed by atoms with E-state index in [0.29, 0.717) is 0 Å². The molecular formula is C19H37NO2. The first kappa shape index (κ1) is 21.0. The third kappa shape index (κ3) is 11.6. The van der Waals surface area contributed by atoms with Crippen molar-refractivity contribution in [3.8, 4) is 0 Å². The topological polar surface area (TPSA) is 40.5 Å². The van der Waals surface area contributed by atoms with E-state index in [1.54, 1.807) is 0 Å². The molecule has 0 saturated carbocycles. The lowest BCUT2D eigenvalue weighted by Gasteiger charge is -2.24. The van der Waals surface area contributed by atoms with Crippen LogP contribution in [0.3, 0.4) is 0 Å². The fourth-order valence-electron chi connectivity index (χ4n) is 2.68. The van der Waals surface area contributed by atoms with Crippen molar-refractivity contribution in [1.82, 2.24) is 4.90 Å². The average Bonchev–Trinajstić information content (AvgIpc) is 2.51. The van der Waals surface area contributed by atoms with Crippen molar-refractivity contribution in [2.75, 3.05) is 13.1 Å². The molecule has 0 aliphatic carbocycles. The fourth-order valence-corrected chi connectivity index (χ4v) is 2.68. The Morgan fingerprint density at radius 1 is 0.773 bits per heavy atom. The number of unbranched alkanes of at least 4 members (excludes halogenated alkanes) is 10. The molecule has 0 heterocycles. The minimum Gasteiger partial charge on any atom is -0.477 e. The molecule has 0 saturated heterocycles. The zero-order valence-corrected chi connectivity index (χ0v) is 14.9. The number of hydrogen-bond acceptors (Lipinski definition) is 2. The van der Waals surface area contributed by atoms with Crippen LogP contribution in [0.5, 0.6) is 0 Å². The van der Waals surface area contributed by atoms with Gasteiger partial charge in [0.1, 0.15) is 5.70 Å². The van der Waals surface area contributed by atoms with Gasteiger partial charge in [-0.05, 0) is 12.8 Å². The van der Waals surface area contributed by atoms with Crippen LogP contribution in [-0.4, -0.2) is 29.1 Å². The van der Waals surface area contributed by atoms with E-state index in [1.165, 1.54) is 64.2 Å². The molecule has 0 aromatic rings. The van der Waals surface area contributed by atoms with E-state index in [-0.39, 0.29) is 5.70 Å². The Bertz CT molecular complexity index is 273. The van der Waals surface area contributed by atoms with Crippen LogP contribution >= 0.6 is 0 Å². The molecule has 0 bridgehead atoms. The van der Waals surface area contributed by atoms with Gasteiger partial charge in [-0.1, -0.05) is 84.6 Å². The molecule has 22 heavy (non-hydrogen) atoms. The van der Waals surface area contributed by atoms with Gasteiger partial charge < -0.3 is 10.0 Å². The van der Waals surface area contributed by atoms with Crippen molar-refractivity contribution < 1.29 is 9.90 Å². The zero-order valence-electron chi connectivity index (χ0n) is 14.9. The predicted octanol–water partition coefficient (Wildman–Crippen LogP) is 5.61. The maximum absolute atomic E-state index is 11.1. The molecule has 130 valence electrons. The number of aliphatic carboxylic acids is 1. The summed E-state index contributed by atoms with van der Waals surface area (Å²) in [7, 11) is 0. The van der Waals surface area contributed by atoms with E-state index in [0.717, 1.165) is 25.9 Å². The first-order chi connectivity index (χ1) is 10.6. The molecular weight excluding hydrogens is 274 g/mol. The van der Waals surface area contributed by atoms with Crippen molar-refractivity contribution in [3.05, 3.63) is 12.3 Å². The van der Waals surface area contributed by atoms with Gasteiger partial charge in [0.2, 0.25) is 0 Å². The van der Waals surface area contributed by atoms with Gasteiger partial charge >= 0.3 is 5.97 Å². The molecule has 0 aromatic heterocycles. The molecule has 0 radical (unpaired) electrons. The highest BCUT2D eigenvalue weighted by Gasteiger charge is 2.13. The van der Waals surface area contributed by atoms with E-state index in [2.05, 4.69) is 20.4 Å². The largest absolute Gasteiger partial charge is 0.477 e. The van der Waals surface area contributed by atoms with E-state index in [9.17, 15) is 4.79 Å². The van der Waals surface area contributed by atoms with Crippen LogP contribution in [0.2, 0.25) is 0 Å². The Kier molecular flexibility index (Phi) is 14.3. The summed E-state index contributed by atoms with van der Waals surface area (Å²) in [5.74, 6) is -0.878. The molecule has 0 aromatic carbocycles. The number of hydrogen-bond donors (Lipinski definition) is 1. The van der Waals surface area contributed by atoms with Gasteiger partial charge in [0.15, 0.2) is 0 Å². The van der Waals surface area contributed by atoms with Gasteiger partial charge in [0.05, 0.1) is 0 Å². The normalized spacial score (nSPS) is 10.6. The Hall–Kier alpha value is -0.990. The van der Waals surface area contributed by atoms with Crippen molar-refractivity contribution in [2.45, 2.75) is 90.9 Å². The fraction of sp³-hybridized carbons (Fsp3) is 0.842. The van der Waals surface area contributed by atoms with E-state index in [4.69, 9.17) is 5.11 Å². The van der Waals surface area contributed by atoms with Crippen LogP contribution in [0.15, 0.2) is 12.3 Å². The molecule has 0 aliphatic rings. The predicted molar refractivity (Wildman–Crippen MR) is 95.1 cm³/mol. The van der Waals surface area contributed by atoms with Crippen molar-refractivity contribution >= 4 is 5.97 Å². The SMILES string of the molecule is C=C(C(=O)O)N(CCCCCCCC)CCCCCCCC. The van der Waals surface area contributed by atoms with E-state index >= 15 is 0 Å². The van der Waals surface area contributed by atoms with Crippen LogP contribution < -0.4 is 0 Å². The van der Waals surface area contributed by atoms with Crippen LogP contribution in [0.1, 0.15) is 90.9 Å². The summed E-state index contributed by atoms with van der Waals surface area (Å²) in [5, 5.41) is 9.16. The van der Waals surface area contributed by atoms with Gasteiger partial charge in [-0.2, -0.15) is 0 Å². The Morgan fingerprint density at radius 2 is 1.14 bits per heavy atom. The van der Waals surface area contributed by atoms with Crippen molar-refractivity contribution in [3.63, 3.8) is 0 Å². The Labute approximate surface area is 137 Å². The monoisotopic (exact) mass is 311 g/mol. The lowest BCUT2D eigenvalue weighted by molar-refractivity contribution is -0.134. The molecule has 0 unspecified atom stereocenters. The highest BCUT2D eigenvalue weighted by atomic mass is 16.4. The van der Waals surface area contributed by atoms with Crippen LogP contribution in [-0.2, 0) is 4.79 Å². The zero-order chi connectivity index (χ0) is 16.6. The lowest BCUT2D eigenvalue weighted by atomic mass is 10.1. The summed E-state index contributed by atoms with van der Waals surface area (Å²) in [6, 6.07) is 0. The smallest absolute Gasteiger partial charge is 0.351 e. The number of carbonyl (C=O) groups is 1. The lowest BCUT2D eigenvalue weighted by Crippen LogP contribution is -2.29. The number of carboxylic acids is 1. The van der Waals surface area contributed by atoms with Gasteiger partial charge in [-0.3, -0.25) is 0 Å². The molecule has 0 rings (SSSR count). The molecule has 3 nitrogen and oxygen atoms in total.